The summed E-state index contributed by atoms with van der Waals surface area (Å²) in [5.41, 5.74) is 1.64. The zero-order valence-electron chi connectivity index (χ0n) is 25.3. The molecule has 0 bridgehead atoms. The van der Waals surface area contributed by atoms with E-state index in [1.165, 1.54) is 24.3 Å². The van der Waals surface area contributed by atoms with Crippen LogP contribution in [0.3, 0.4) is 0 Å². The number of carbonyl (C=O) groups is 1. The molecular weight excluding hydrogens is 618 g/mol. The Hall–Kier alpha value is -3.77. The largest absolute Gasteiger partial charge is 0.494 e. The highest BCUT2D eigenvalue weighted by Crippen LogP contribution is 2.37. The third kappa shape index (κ3) is 9.86. The maximum absolute atomic E-state index is 13.5. The Morgan fingerprint density at radius 2 is 1.33 bits per heavy atom. The Kier molecular flexibility index (Phi) is 12.0. The quantitative estimate of drug-likeness (QED) is 0.0628. The minimum Gasteiger partial charge on any atom is -0.494 e. The molecule has 1 heterocycles. The standard InChI is InChI=1S/C34H36F6O6/c1-2-32(22-43-23-32)21-42-19-5-3-4-6-20-44-27-13-11-26(12-14-27)30(41)45-28-15-7-24(8-16-28)25-9-17-29(18-10-25)46-34(39,40)31(35)33(36,37)38/h7-18,31H,2-6,19-23H2,1H3. The molecule has 0 spiro atoms. The highest BCUT2D eigenvalue weighted by atomic mass is 19.4. The number of esters is 1. The lowest BCUT2D eigenvalue weighted by molar-refractivity contribution is -0.304. The molecule has 0 N–H and O–H groups in total. The first-order chi connectivity index (χ1) is 21.9. The first-order valence-corrected chi connectivity index (χ1v) is 15.0. The first-order valence-electron chi connectivity index (χ1n) is 15.0. The van der Waals surface area contributed by atoms with Crippen molar-refractivity contribution >= 4 is 5.97 Å². The summed E-state index contributed by atoms with van der Waals surface area (Å²) in [5, 5.41) is 0. The summed E-state index contributed by atoms with van der Waals surface area (Å²) >= 11 is 0. The van der Waals surface area contributed by atoms with Crippen LogP contribution in [0.4, 0.5) is 26.3 Å². The number of alkyl halides is 6. The van der Waals surface area contributed by atoms with E-state index in [4.69, 9.17) is 18.9 Å². The first kappa shape index (κ1) is 35.1. The summed E-state index contributed by atoms with van der Waals surface area (Å²) in [6, 6.07) is 17.5. The van der Waals surface area contributed by atoms with Crippen LogP contribution < -0.4 is 14.2 Å². The van der Waals surface area contributed by atoms with Crippen LogP contribution in [0.5, 0.6) is 17.2 Å². The Morgan fingerprint density at radius 1 is 0.783 bits per heavy atom. The van der Waals surface area contributed by atoms with Crippen LogP contribution >= 0.6 is 0 Å². The van der Waals surface area contributed by atoms with Crippen molar-refractivity contribution in [2.75, 3.05) is 33.0 Å². The van der Waals surface area contributed by atoms with Gasteiger partial charge in [0.25, 0.3) is 6.17 Å². The topological polar surface area (TPSA) is 63.2 Å². The third-order valence-electron chi connectivity index (χ3n) is 7.61. The summed E-state index contributed by atoms with van der Waals surface area (Å²) in [5.74, 6) is -0.326. The monoisotopic (exact) mass is 654 g/mol. The molecule has 4 rings (SSSR count). The van der Waals surface area contributed by atoms with E-state index in [9.17, 15) is 31.1 Å². The second-order valence-electron chi connectivity index (χ2n) is 11.2. The van der Waals surface area contributed by atoms with Crippen molar-refractivity contribution in [3.05, 3.63) is 78.4 Å². The van der Waals surface area contributed by atoms with Gasteiger partial charge in [0.1, 0.15) is 17.2 Å². The highest BCUT2D eigenvalue weighted by molar-refractivity contribution is 5.91. The van der Waals surface area contributed by atoms with Gasteiger partial charge in [0.15, 0.2) is 0 Å². The number of unbranched alkanes of at least 4 members (excludes halogenated alkanes) is 3. The maximum Gasteiger partial charge on any atom is 0.439 e. The van der Waals surface area contributed by atoms with E-state index in [0.717, 1.165) is 70.7 Å². The summed E-state index contributed by atoms with van der Waals surface area (Å²) in [6.45, 7) is 5.83. The predicted molar refractivity (Wildman–Crippen MR) is 158 cm³/mol. The average molecular weight is 655 g/mol. The van der Waals surface area contributed by atoms with E-state index < -0.39 is 30.2 Å². The zero-order chi connectivity index (χ0) is 33.2. The van der Waals surface area contributed by atoms with E-state index >= 15 is 0 Å². The second kappa shape index (κ2) is 15.7. The number of benzene rings is 3. The van der Waals surface area contributed by atoms with Crippen LogP contribution in [0, 0.1) is 5.41 Å². The number of hydrogen-bond donors (Lipinski definition) is 0. The van der Waals surface area contributed by atoms with Crippen molar-refractivity contribution < 1.29 is 54.8 Å². The molecule has 250 valence electrons. The molecule has 0 amide bonds. The van der Waals surface area contributed by atoms with Gasteiger partial charge >= 0.3 is 18.3 Å². The number of rotatable bonds is 17. The van der Waals surface area contributed by atoms with Gasteiger partial charge in [-0.25, -0.2) is 9.18 Å². The molecule has 0 radical (unpaired) electrons. The molecule has 0 aliphatic carbocycles. The fraction of sp³-hybridized carbons (Fsp3) is 0.441. The van der Waals surface area contributed by atoms with E-state index in [-0.39, 0.29) is 11.2 Å². The summed E-state index contributed by atoms with van der Waals surface area (Å²) < 4.78 is 103. The van der Waals surface area contributed by atoms with E-state index in [1.54, 1.807) is 36.4 Å². The lowest BCUT2D eigenvalue weighted by Crippen LogP contribution is -2.45. The normalized spacial score (nSPS) is 15.1. The van der Waals surface area contributed by atoms with Gasteiger partial charge in [-0.1, -0.05) is 37.6 Å². The van der Waals surface area contributed by atoms with Gasteiger partial charge in [0.05, 0.1) is 32.0 Å². The molecule has 1 aliphatic rings. The maximum atomic E-state index is 13.5. The summed E-state index contributed by atoms with van der Waals surface area (Å²) in [4.78, 5) is 12.6. The molecule has 3 aromatic carbocycles. The number of hydrogen-bond acceptors (Lipinski definition) is 6. The van der Waals surface area contributed by atoms with Crippen LogP contribution in [0.2, 0.25) is 0 Å². The predicted octanol–water partition coefficient (Wildman–Crippen LogP) is 8.83. The molecule has 0 saturated carbocycles. The van der Waals surface area contributed by atoms with Crippen molar-refractivity contribution in [3.63, 3.8) is 0 Å². The molecule has 1 atom stereocenters. The van der Waals surface area contributed by atoms with Crippen molar-refractivity contribution in [3.8, 4) is 28.4 Å². The van der Waals surface area contributed by atoms with Crippen molar-refractivity contribution in [2.45, 2.75) is 57.5 Å². The molecule has 1 saturated heterocycles. The third-order valence-corrected chi connectivity index (χ3v) is 7.61. The van der Waals surface area contributed by atoms with Crippen molar-refractivity contribution in [2.24, 2.45) is 5.41 Å². The van der Waals surface area contributed by atoms with Crippen LogP contribution in [0.1, 0.15) is 49.4 Å². The number of carbonyl (C=O) groups excluding carboxylic acids is 1. The molecule has 1 unspecified atom stereocenters. The van der Waals surface area contributed by atoms with Gasteiger partial charge in [-0.15, -0.1) is 0 Å². The molecule has 1 fully saturated rings. The molecular formula is C34H36F6O6. The Balaban J connectivity index is 1.15. The van der Waals surface area contributed by atoms with Gasteiger partial charge in [0.2, 0.25) is 0 Å². The summed E-state index contributed by atoms with van der Waals surface area (Å²) in [7, 11) is 0. The van der Waals surface area contributed by atoms with Crippen LogP contribution in [-0.4, -0.2) is 57.5 Å². The van der Waals surface area contributed by atoms with Crippen LogP contribution in [-0.2, 0) is 9.47 Å². The minimum atomic E-state index is -5.77. The number of halogens is 6. The lowest BCUT2D eigenvalue weighted by Gasteiger charge is -2.40. The lowest BCUT2D eigenvalue weighted by atomic mass is 9.84. The summed E-state index contributed by atoms with van der Waals surface area (Å²) in [6.07, 6.45) is -10.3. The van der Waals surface area contributed by atoms with Gasteiger partial charge < -0.3 is 23.7 Å². The second-order valence-corrected chi connectivity index (χ2v) is 11.2. The molecule has 0 aromatic heterocycles. The Bertz CT molecular complexity index is 1370. The molecule has 1 aliphatic heterocycles. The van der Waals surface area contributed by atoms with Gasteiger partial charge in [-0.2, -0.15) is 22.0 Å². The average Bonchev–Trinajstić information content (AvgIpc) is 3.01. The molecule has 12 heteroatoms. The van der Waals surface area contributed by atoms with Gasteiger partial charge in [-0.05, 0) is 85.3 Å². The zero-order valence-corrected chi connectivity index (χ0v) is 25.3. The van der Waals surface area contributed by atoms with Crippen LogP contribution in [0.25, 0.3) is 11.1 Å². The Labute approximate surface area is 263 Å². The van der Waals surface area contributed by atoms with Crippen molar-refractivity contribution in [1.82, 2.24) is 0 Å². The fourth-order valence-corrected chi connectivity index (χ4v) is 4.60. The fourth-order valence-electron chi connectivity index (χ4n) is 4.60. The van der Waals surface area contributed by atoms with Gasteiger partial charge in [0, 0.05) is 12.0 Å². The molecule has 6 nitrogen and oxygen atoms in total. The number of ether oxygens (including phenoxy) is 5. The minimum absolute atomic E-state index is 0.218. The Morgan fingerprint density at radius 3 is 1.85 bits per heavy atom. The van der Waals surface area contributed by atoms with Crippen molar-refractivity contribution in [1.29, 1.82) is 0 Å². The van der Waals surface area contributed by atoms with E-state index in [1.807, 2.05) is 0 Å². The SMILES string of the molecule is CCC1(COCCCCCCOc2ccc(C(=O)Oc3ccc(-c4ccc(OC(F)(F)C(F)C(F)(F)F)cc4)cc3)cc2)COC1. The highest BCUT2D eigenvalue weighted by Gasteiger charge is 2.59. The van der Waals surface area contributed by atoms with E-state index in [2.05, 4.69) is 11.7 Å². The molecule has 3 aromatic rings. The van der Waals surface area contributed by atoms with Gasteiger partial charge in [-0.3, -0.25) is 0 Å². The van der Waals surface area contributed by atoms with Crippen LogP contribution in [0.15, 0.2) is 72.8 Å². The smallest absolute Gasteiger partial charge is 0.439 e. The van der Waals surface area contributed by atoms with E-state index in [0.29, 0.717) is 29.0 Å². The molecule has 46 heavy (non-hydrogen) atoms.